The number of methoxy groups -OCH3 is 1. The third-order valence-corrected chi connectivity index (χ3v) is 6.51. The van der Waals surface area contributed by atoms with Gasteiger partial charge in [0.05, 0.1) is 18.0 Å². The van der Waals surface area contributed by atoms with Gasteiger partial charge in [-0.15, -0.1) is 0 Å². The highest BCUT2D eigenvalue weighted by molar-refractivity contribution is 5.87. The van der Waals surface area contributed by atoms with Gasteiger partial charge in [0.15, 0.2) is 0 Å². The van der Waals surface area contributed by atoms with E-state index in [1.165, 1.54) is 0 Å². The SMILES string of the molecule is COc1ccc(C[C@H](Nc2nc3c(CNC(=O)OC(C)(C)C)ccc(C)c3c(=O)o2)C(=O)N2CCCC2)cc1. The summed E-state index contributed by atoms with van der Waals surface area (Å²) in [5.41, 5.74) is 1.41. The second-order valence-corrected chi connectivity index (χ2v) is 10.7. The Kier molecular flexibility index (Phi) is 8.42. The highest BCUT2D eigenvalue weighted by atomic mass is 16.6. The van der Waals surface area contributed by atoms with E-state index in [-0.39, 0.29) is 18.5 Å². The average Bonchev–Trinajstić information content (AvgIpc) is 3.42. The van der Waals surface area contributed by atoms with E-state index in [0.717, 1.165) is 24.2 Å². The van der Waals surface area contributed by atoms with Gasteiger partial charge < -0.3 is 29.4 Å². The molecule has 1 fully saturated rings. The van der Waals surface area contributed by atoms with Crippen molar-refractivity contribution in [2.75, 3.05) is 25.5 Å². The number of nitrogens with zero attached hydrogens (tertiary/aromatic N) is 2. The first-order chi connectivity index (χ1) is 18.5. The van der Waals surface area contributed by atoms with Crippen molar-refractivity contribution in [1.82, 2.24) is 15.2 Å². The number of carbonyl (C=O) groups is 2. The first-order valence-electron chi connectivity index (χ1n) is 13.1. The zero-order valence-electron chi connectivity index (χ0n) is 23.1. The van der Waals surface area contributed by atoms with E-state index in [1.807, 2.05) is 29.2 Å². The van der Waals surface area contributed by atoms with E-state index < -0.39 is 23.4 Å². The maximum Gasteiger partial charge on any atom is 0.407 e. The van der Waals surface area contributed by atoms with E-state index in [4.69, 9.17) is 13.9 Å². The molecule has 1 saturated heterocycles. The van der Waals surface area contributed by atoms with Crippen molar-refractivity contribution in [3.05, 3.63) is 63.5 Å². The fraction of sp³-hybridized carbons (Fsp3) is 0.448. The van der Waals surface area contributed by atoms with Crippen molar-refractivity contribution in [1.29, 1.82) is 0 Å². The van der Waals surface area contributed by atoms with Gasteiger partial charge in [0, 0.05) is 26.1 Å². The minimum Gasteiger partial charge on any atom is -0.497 e. The van der Waals surface area contributed by atoms with Crippen LogP contribution >= 0.6 is 0 Å². The van der Waals surface area contributed by atoms with E-state index in [1.54, 1.807) is 46.9 Å². The number of fused-ring (bicyclic) bond motifs is 1. The van der Waals surface area contributed by atoms with E-state index in [2.05, 4.69) is 15.6 Å². The van der Waals surface area contributed by atoms with Gasteiger partial charge in [0.2, 0.25) is 5.91 Å². The zero-order valence-corrected chi connectivity index (χ0v) is 23.1. The van der Waals surface area contributed by atoms with Gasteiger partial charge in [0.1, 0.15) is 17.4 Å². The van der Waals surface area contributed by atoms with Crippen molar-refractivity contribution >= 4 is 28.9 Å². The number of nitrogens with one attached hydrogen (secondary N) is 2. The number of amides is 2. The molecule has 2 amide bonds. The number of likely N-dealkylation sites (tertiary alicyclic amines) is 1. The number of hydrogen-bond acceptors (Lipinski definition) is 8. The lowest BCUT2D eigenvalue weighted by molar-refractivity contribution is -0.131. The Morgan fingerprint density at radius 1 is 1.10 bits per heavy atom. The molecule has 2 heterocycles. The van der Waals surface area contributed by atoms with Crippen LogP contribution in [0, 0.1) is 6.92 Å². The highest BCUT2D eigenvalue weighted by Gasteiger charge is 2.28. The first-order valence-corrected chi connectivity index (χ1v) is 13.1. The number of benzene rings is 2. The summed E-state index contributed by atoms with van der Waals surface area (Å²) in [6.07, 6.45) is 1.70. The molecule has 0 bridgehead atoms. The molecule has 1 aromatic heterocycles. The molecule has 2 aromatic carbocycles. The van der Waals surface area contributed by atoms with Crippen molar-refractivity contribution < 1.29 is 23.5 Å². The van der Waals surface area contributed by atoms with Crippen molar-refractivity contribution in [2.24, 2.45) is 0 Å². The van der Waals surface area contributed by atoms with Crippen LogP contribution in [0.4, 0.5) is 10.8 Å². The Morgan fingerprint density at radius 2 is 1.79 bits per heavy atom. The summed E-state index contributed by atoms with van der Waals surface area (Å²) in [5.74, 6) is 0.642. The lowest BCUT2D eigenvalue weighted by Gasteiger charge is -2.24. The third-order valence-electron chi connectivity index (χ3n) is 6.51. The van der Waals surface area contributed by atoms with Crippen molar-refractivity contribution in [3.63, 3.8) is 0 Å². The van der Waals surface area contributed by atoms with Crippen LogP contribution in [-0.2, 0) is 22.5 Å². The standard InChI is InChI=1S/C29H36N4O6/c1-18-8-11-20(17-30-28(36)39-29(2,3)4)24-23(18)26(35)38-27(32-24)31-22(25(34)33-14-6-7-15-33)16-19-9-12-21(37-5)13-10-19/h8-13,22H,6-7,14-17H2,1-5H3,(H,30,36)(H,31,32)/t22-/m0/s1. The van der Waals surface area contributed by atoms with Crippen LogP contribution in [0.5, 0.6) is 5.75 Å². The quantitative estimate of drug-likeness (QED) is 0.440. The molecule has 2 N–H and O–H groups in total. The molecule has 10 heteroatoms. The largest absolute Gasteiger partial charge is 0.497 e. The predicted molar refractivity (Wildman–Crippen MR) is 148 cm³/mol. The number of hydrogen-bond donors (Lipinski definition) is 2. The molecule has 1 atom stereocenters. The summed E-state index contributed by atoms with van der Waals surface area (Å²) in [7, 11) is 1.60. The summed E-state index contributed by atoms with van der Waals surface area (Å²) in [4.78, 5) is 45.2. The van der Waals surface area contributed by atoms with Gasteiger partial charge in [0.25, 0.3) is 6.01 Å². The Labute approximate surface area is 227 Å². The minimum absolute atomic E-state index is 0.0531. The molecule has 0 aliphatic carbocycles. The molecule has 0 unspecified atom stereocenters. The van der Waals surface area contributed by atoms with E-state index in [9.17, 15) is 14.4 Å². The number of carbonyl (C=O) groups excluding carboxylic acids is 2. The Bertz CT molecular complexity index is 1390. The molecular formula is C29H36N4O6. The lowest BCUT2D eigenvalue weighted by Crippen LogP contribution is -2.43. The van der Waals surface area contributed by atoms with Crippen molar-refractivity contribution in [2.45, 2.75) is 65.1 Å². The monoisotopic (exact) mass is 536 g/mol. The fourth-order valence-electron chi connectivity index (χ4n) is 4.57. The Morgan fingerprint density at radius 3 is 2.44 bits per heavy atom. The fourth-order valence-corrected chi connectivity index (χ4v) is 4.57. The normalized spacial score (nSPS) is 14.2. The zero-order chi connectivity index (χ0) is 28.2. The molecule has 0 radical (unpaired) electrons. The van der Waals surface area contributed by atoms with Gasteiger partial charge in [-0.05, 0) is 69.4 Å². The van der Waals surface area contributed by atoms with Crippen LogP contribution < -0.4 is 21.0 Å². The topological polar surface area (TPSA) is 123 Å². The van der Waals surface area contributed by atoms with Crippen LogP contribution in [0.25, 0.3) is 10.9 Å². The van der Waals surface area contributed by atoms with E-state index in [0.29, 0.717) is 41.5 Å². The number of aryl methyl sites for hydroxylation is 1. The Hall–Kier alpha value is -4.08. The summed E-state index contributed by atoms with van der Waals surface area (Å²) in [5, 5.41) is 6.14. The lowest BCUT2D eigenvalue weighted by atomic mass is 10.0. The maximum atomic E-state index is 13.5. The van der Waals surface area contributed by atoms with Gasteiger partial charge in [-0.1, -0.05) is 24.3 Å². The summed E-state index contributed by atoms with van der Waals surface area (Å²) in [6.45, 7) is 8.62. The van der Waals surface area contributed by atoms with Crippen LogP contribution in [0.3, 0.4) is 0 Å². The second-order valence-electron chi connectivity index (χ2n) is 10.7. The smallest absolute Gasteiger partial charge is 0.407 e. The molecular weight excluding hydrogens is 500 g/mol. The molecule has 0 saturated carbocycles. The summed E-state index contributed by atoms with van der Waals surface area (Å²) >= 11 is 0. The number of aromatic nitrogens is 1. The van der Waals surface area contributed by atoms with Crippen LogP contribution in [-0.4, -0.2) is 53.7 Å². The van der Waals surface area contributed by atoms with Gasteiger partial charge in [-0.2, -0.15) is 4.98 Å². The Balaban J connectivity index is 1.64. The van der Waals surface area contributed by atoms with E-state index >= 15 is 0 Å². The molecule has 3 aromatic rings. The van der Waals surface area contributed by atoms with Gasteiger partial charge in [-0.25, -0.2) is 9.59 Å². The molecule has 39 heavy (non-hydrogen) atoms. The number of ether oxygens (including phenoxy) is 2. The minimum atomic E-state index is -0.697. The molecule has 1 aliphatic heterocycles. The summed E-state index contributed by atoms with van der Waals surface area (Å²) < 4.78 is 16.1. The van der Waals surface area contributed by atoms with Crippen LogP contribution in [0.1, 0.15) is 50.3 Å². The first kappa shape index (κ1) is 27.9. The molecule has 10 nitrogen and oxygen atoms in total. The van der Waals surface area contributed by atoms with Gasteiger partial charge in [-0.3, -0.25) is 4.79 Å². The molecule has 0 spiro atoms. The van der Waals surface area contributed by atoms with Gasteiger partial charge >= 0.3 is 11.7 Å². The molecule has 4 rings (SSSR count). The average molecular weight is 537 g/mol. The molecule has 208 valence electrons. The maximum absolute atomic E-state index is 13.5. The number of alkyl carbamates (subject to hydrolysis) is 1. The highest BCUT2D eigenvalue weighted by Crippen LogP contribution is 2.22. The third kappa shape index (κ3) is 7.07. The number of rotatable bonds is 8. The predicted octanol–water partition coefficient (Wildman–Crippen LogP) is 4.18. The molecule has 1 aliphatic rings. The van der Waals surface area contributed by atoms with Crippen molar-refractivity contribution in [3.8, 4) is 5.75 Å². The second kappa shape index (κ2) is 11.8. The van der Waals surface area contributed by atoms with Crippen LogP contribution in [0.2, 0.25) is 0 Å². The number of anilines is 1. The van der Waals surface area contributed by atoms with Crippen LogP contribution in [0.15, 0.2) is 45.6 Å². The summed E-state index contributed by atoms with van der Waals surface area (Å²) in [6, 6.07) is 10.3.